The highest BCUT2D eigenvalue weighted by Gasteiger charge is 2.18. The molecule has 0 aliphatic carbocycles. The Hall–Kier alpha value is -2.54. The van der Waals surface area contributed by atoms with Gasteiger partial charge in [-0.1, -0.05) is 67.9 Å². The summed E-state index contributed by atoms with van der Waals surface area (Å²) in [5, 5.41) is 0. The third-order valence-electron chi connectivity index (χ3n) is 6.07. The molecule has 2 N–H and O–H groups in total. The van der Waals surface area contributed by atoms with E-state index < -0.39 is 0 Å². The summed E-state index contributed by atoms with van der Waals surface area (Å²) in [5.74, 6) is 1.11. The standard InChI is InChI=1S/C28H35N/c1-19(2)15-26(12-11-24-17-20(3)16-21(4)22(24)5)27-18-25(13-14-28(27)29)23-9-7-6-8-10-23/h6-10,13-14,16-19,26H,11-12,15,29H2,1-5H3. The topological polar surface area (TPSA) is 26.0 Å². The molecule has 0 heterocycles. The minimum absolute atomic E-state index is 0.471. The smallest absolute Gasteiger partial charge is 0.0349 e. The third kappa shape index (κ3) is 5.29. The number of hydrogen-bond acceptors (Lipinski definition) is 1. The van der Waals surface area contributed by atoms with Gasteiger partial charge in [-0.15, -0.1) is 0 Å². The molecule has 0 aliphatic rings. The fourth-order valence-electron chi connectivity index (χ4n) is 4.42. The summed E-state index contributed by atoms with van der Waals surface area (Å²) >= 11 is 0. The number of hydrogen-bond donors (Lipinski definition) is 1. The number of aryl methyl sites for hydroxylation is 3. The van der Waals surface area contributed by atoms with Gasteiger partial charge in [0.05, 0.1) is 0 Å². The quantitative estimate of drug-likeness (QED) is 0.416. The Labute approximate surface area is 177 Å². The monoisotopic (exact) mass is 385 g/mol. The van der Waals surface area contributed by atoms with Gasteiger partial charge in [-0.25, -0.2) is 0 Å². The first-order valence-corrected chi connectivity index (χ1v) is 10.9. The molecule has 152 valence electrons. The Balaban J connectivity index is 1.91. The van der Waals surface area contributed by atoms with E-state index in [1.54, 1.807) is 0 Å². The molecule has 0 fully saturated rings. The molecule has 0 aliphatic heterocycles. The first kappa shape index (κ1) is 21.2. The second kappa shape index (κ2) is 9.31. The Bertz CT molecular complexity index is 954. The fraction of sp³-hybridized carbons (Fsp3) is 0.357. The van der Waals surface area contributed by atoms with Crippen molar-refractivity contribution in [3.05, 3.63) is 88.5 Å². The maximum Gasteiger partial charge on any atom is 0.0349 e. The van der Waals surface area contributed by atoms with E-state index in [1.165, 1.54) is 38.9 Å². The third-order valence-corrected chi connectivity index (χ3v) is 6.07. The minimum atomic E-state index is 0.471. The van der Waals surface area contributed by atoms with E-state index in [1.807, 2.05) is 0 Å². The van der Waals surface area contributed by atoms with Crippen LogP contribution in [0.4, 0.5) is 5.69 Å². The molecule has 1 nitrogen and oxygen atoms in total. The molecule has 3 rings (SSSR count). The Morgan fingerprint density at radius 3 is 2.24 bits per heavy atom. The van der Waals surface area contributed by atoms with Crippen molar-refractivity contribution in [2.45, 2.75) is 59.8 Å². The van der Waals surface area contributed by atoms with Crippen LogP contribution in [-0.2, 0) is 6.42 Å². The lowest BCUT2D eigenvalue weighted by Gasteiger charge is -2.23. The van der Waals surface area contributed by atoms with E-state index in [4.69, 9.17) is 5.73 Å². The second-order valence-electron chi connectivity index (χ2n) is 8.94. The van der Waals surface area contributed by atoms with E-state index in [-0.39, 0.29) is 0 Å². The van der Waals surface area contributed by atoms with Crippen molar-refractivity contribution in [2.24, 2.45) is 5.92 Å². The van der Waals surface area contributed by atoms with Gasteiger partial charge in [-0.2, -0.15) is 0 Å². The molecule has 0 saturated carbocycles. The molecule has 0 amide bonds. The molecule has 0 radical (unpaired) electrons. The number of rotatable bonds is 7. The summed E-state index contributed by atoms with van der Waals surface area (Å²) in [5.41, 5.74) is 16.9. The van der Waals surface area contributed by atoms with Gasteiger partial charge in [-0.05, 0) is 97.4 Å². The van der Waals surface area contributed by atoms with Crippen LogP contribution in [0.3, 0.4) is 0 Å². The van der Waals surface area contributed by atoms with E-state index in [0.29, 0.717) is 11.8 Å². The Morgan fingerprint density at radius 2 is 1.55 bits per heavy atom. The van der Waals surface area contributed by atoms with E-state index in [9.17, 15) is 0 Å². The fourth-order valence-corrected chi connectivity index (χ4v) is 4.42. The molecular formula is C28H35N. The van der Waals surface area contributed by atoms with Crippen LogP contribution in [0, 0.1) is 26.7 Å². The van der Waals surface area contributed by atoms with E-state index >= 15 is 0 Å². The first-order chi connectivity index (χ1) is 13.8. The van der Waals surface area contributed by atoms with Crippen molar-refractivity contribution in [1.29, 1.82) is 0 Å². The zero-order valence-electron chi connectivity index (χ0n) is 18.6. The van der Waals surface area contributed by atoms with Gasteiger partial charge in [0, 0.05) is 5.69 Å². The lowest BCUT2D eigenvalue weighted by Crippen LogP contribution is -2.09. The lowest BCUT2D eigenvalue weighted by atomic mass is 9.83. The van der Waals surface area contributed by atoms with Crippen molar-refractivity contribution >= 4 is 5.69 Å². The lowest BCUT2D eigenvalue weighted by molar-refractivity contribution is 0.477. The zero-order chi connectivity index (χ0) is 21.0. The molecule has 0 spiro atoms. The summed E-state index contributed by atoms with van der Waals surface area (Å²) in [6.45, 7) is 11.3. The van der Waals surface area contributed by atoms with E-state index in [2.05, 4.69) is 95.3 Å². The molecule has 1 heteroatoms. The molecule has 1 unspecified atom stereocenters. The normalized spacial score (nSPS) is 12.3. The highest BCUT2D eigenvalue weighted by molar-refractivity contribution is 5.68. The van der Waals surface area contributed by atoms with Gasteiger partial charge in [0.1, 0.15) is 0 Å². The summed E-state index contributed by atoms with van der Waals surface area (Å²) < 4.78 is 0. The maximum absolute atomic E-state index is 6.49. The van der Waals surface area contributed by atoms with E-state index in [0.717, 1.165) is 24.9 Å². The predicted octanol–water partition coefficient (Wildman–Crippen LogP) is 7.62. The molecule has 3 aromatic carbocycles. The van der Waals surface area contributed by atoms with Gasteiger partial charge in [0.25, 0.3) is 0 Å². The highest BCUT2D eigenvalue weighted by atomic mass is 14.6. The summed E-state index contributed by atoms with van der Waals surface area (Å²) in [7, 11) is 0. The summed E-state index contributed by atoms with van der Waals surface area (Å²) in [6, 6.07) is 21.8. The van der Waals surface area contributed by atoms with Crippen molar-refractivity contribution < 1.29 is 0 Å². The van der Waals surface area contributed by atoms with Crippen LogP contribution in [0.25, 0.3) is 11.1 Å². The van der Waals surface area contributed by atoms with Crippen molar-refractivity contribution in [1.82, 2.24) is 0 Å². The van der Waals surface area contributed by atoms with Gasteiger partial charge in [0.2, 0.25) is 0 Å². The second-order valence-corrected chi connectivity index (χ2v) is 8.94. The number of nitrogens with two attached hydrogens (primary N) is 1. The average Bonchev–Trinajstić information content (AvgIpc) is 2.69. The van der Waals surface area contributed by atoms with Crippen LogP contribution in [0.1, 0.15) is 60.4 Å². The predicted molar refractivity (Wildman–Crippen MR) is 127 cm³/mol. The SMILES string of the molecule is Cc1cc(C)c(C)c(CCC(CC(C)C)c2cc(-c3ccccc3)ccc2N)c1. The van der Waals surface area contributed by atoms with Crippen molar-refractivity contribution in [3.63, 3.8) is 0 Å². The minimum Gasteiger partial charge on any atom is -0.398 e. The Kier molecular flexibility index (Phi) is 6.79. The van der Waals surface area contributed by atoms with Crippen molar-refractivity contribution in [2.75, 3.05) is 5.73 Å². The average molecular weight is 386 g/mol. The maximum atomic E-state index is 6.49. The molecule has 0 bridgehead atoms. The highest BCUT2D eigenvalue weighted by Crippen LogP contribution is 2.35. The van der Waals surface area contributed by atoms with Gasteiger partial charge in [-0.3, -0.25) is 0 Å². The largest absolute Gasteiger partial charge is 0.398 e. The molecule has 3 aromatic rings. The molecule has 1 atom stereocenters. The van der Waals surface area contributed by atoms with Gasteiger partial charge in [0.15, 0.2) is 0 Å². The summed E-state index contributed by atoms with van der Waals surface area (Å²) in [6.07, 6.45) is 3.39. The number of anilines is 1. The van der Waals surface area contributed by atoms with Crippen LogP contribution in [-0.4, -0.2) is 0 Å². The molecule has 0 saturated heterocycles. The molecule has 0 aromatic heterocycles. The number of nitrogen functional groups attached to an aromatic ring is 1. The summed E-state index contributed by atoms with van der Waals surface area (Å²) in [4.78, 5) is 0. The van der Waals surface area contributed by atoms with Crippen LogP contribution in [0.5, 0.6) is 0 Å². The number of benzene rings is 3. The van der Waals surface area contributed by atoms with Crippen LogP contribution in [0.15, 0.2) is 60.7 Å². The van der Waals surface area contributed by atoms with Gasteiger partial charge < -0.3 is 5.73 Å². The molecular weight excluding hydrogens is 350 g/mol. The first-order valence-electron chi connectivity index (χ1n) is 10.9. The van der Waals surface area contributed by atoms with Crippen LogP contribution < -0.4 is 5.73 Å². The Morgan fingerprint density at radius 1 is 0.828 bits per heavy atom. The van der Waals surface area contributed by atoms with Crippen LogP contribution >= 0.6 is 0 Å². The van der Waals surface area contributed by atoms with Crippen molar-refractivity contribution in [3.8, 4) is 11.1 Å². The zero-order valence-corrected chi connectivity index (χ0v) is 18.6. The molecule has 29 heavy (non-hydrogen) atoms. The van der Waals surface area contributed by atoms with Crippen LogP contribution in [0.2, 0.25) is 0 Å². The van der Waals surface area contributed by atoms with Gasteiger partial charge >= 0.3 is 0 Å².